The van der Waals surface area contributed by atoms with E-state index in [1.807, 2.05) is 51.1 Å². The molecule has 0 unspecified atom stereocenters. The number of hydrogen-bond acceptors (Lipinski definition) is 4. The number of rotatable bonds is 3. The molecular weight excluding hydrogens is 352 g/mol. The molecule has 2 aromatic carbocycles. The Labute approximate surface area is 166 Å². The number of ether oxygens (including phenoxy) is 2. The lowest BCUT2D eigenvalue weighted by Gasteiger charge is -2.32. The second kappa shape index (κ2) is 8.04. The number of nitriles is 1. The molecule has 0 aliphatic carbocycles. The van der Waals surface area contributed by atoms with Crippen molar-refractivity contribution in [1.82, 2.24) is 4.90 Å². The lowest BCUT2D eigenvalue weighted by atomic mass is 9.89. The van der Waals surface area contributed by atoms with Gasteiger partial charge in [0.2, 0.25) is 0 Å². The van der Waals surface area contributed by atoms with Crippen molar-refractivity contribution in [2.24, 2.45) is 0 Å². The fraction of sp³-hybridized carbons (Fsp3) is 0.391. The van der Waals surface area contributed by atoms with Crippen LogP contribution in [0.2, 0.25) is 0 Å². The van der Waals surface area contributed by atoms with Gasteiger partial charge in [-0.15, -0.1) is 0 Å². The third kappa shape index (κ3) is 4.52. The van der Waals surface area contributed by atoms with E-state index in [0.717, 1.165) is 23.1 Å². The molecule has 0 fully saturated rings. The van der Waals surface area contributed by atoms with Gasteiger partial charge in [0.1, 0.15) is 11.7 Å². The molecule has 0 saturated heterocycles. The largest absolute Gasteiger partial charge is 0.444 e. The van der Waals surface area contributed by atoms with Gasteiger partial charge in [-0.05, 0) is 61.6 Å². The Balaban J connectivity index is 1.84. The van der Waals surface area contributed by atoms with Gasteiger partial charge in [0.25, 0.3) is 0 Å². The van der Waals surface area contributed by atoms with Crippen LogP contribution in [0.4, 0.5) is 4.79 Å². The van der Waals surface area contributed by atoms with Crippen LogP contribution in [0.25, 0.3) is 11.1 Å². The maximum absolute atomic E-state index is 12.3. The molecule has 146 valence electrons. The summed E-state index contributed by atoms with van der Waals surface area (Å²) in [6.07, 6.45) is 0.268. The molecule has 1 aliphatic heterocycles. The number of fused-ring (bicyclic) bond motifs is 1. The highest BCUT2D eigenvalue weighted by Crippen LogP contribution is 2.35. The predicted octanol–water partition coefficient (Wildman–Crippen LogP) is 4.71. The van der Waals surface area contributed by atoms with Crippen LogP contribution in [0.1, 0.15) is 43.6 Å². The highest BCUT2D eigenvalue weighted by atomic mass is 16.6. The first kappa shape index (κ1) is 19.9. The van der Waals surface area contributed by atoms with Crippen LogP contribution in [-0.2, 0) is 15.9 Å². The van der Waals surface area contributed by atoms with E-state index in [-0.39, 0.29) is 12.2 Å². The topological polar surface area (TPSA) is 62.6 Å². The molecule has 1 atom stereocenters. The number of benzene rings is 2. The average Bonchev–Trinajstić information content (AvgIpc) is 2.66. The van der Waals surface area contributed by atoms with Crippen molar-refractivity contribution < 1.29 is 14.3 Å². The molecule has 0 radical (unpaired) electrons. The van der Waals surface area contributed by atoms with Crippen molar-refractivity contribution in [2.75, 3.05) is 20.2 Å². The van der Waals surface area contributed by atoms with Crippen molar-refractivity contribution in [3.63, 3.8) is 0 Å². The van der Waals surface area contributed by atoms with Crippen LogP contribution in [-0.4, -0.2) is 36.8 Å². The minimum Gasteiger partial charge on any atom is -0.444 e. The number of likely N-dealkylation sites (N-methyl/N-ethyl adjacent to an activating group) is 1. The van der Waals surface area contributed by atoms with Gasteiger partial charge in [-0.1, -0.05) is 30.3 Å². The smallest absolute Gasteiger partial charge is 0.410 e. The molecule has 0 aromatic heterocycles. The van der Waals surface area contributed by atoms with Gasteiger partial charge in [-0.2, -0.15) is 5.26 Å². The van der Waals surface area contributed by atoms with Crippen molar-refractivity contribution in [3.05, 3.63) is 59.2 Å². The molecule has 1 amide bonds. The predicted molar refractivity (Wildman–Crippen MR) is 108 cm³/mol. The lowest BCUT2D eigenvalue weighted by Crippen LogP contribution is -2.38. The quantitative estimate of drug-likeness (QED) is 0.776. The third-order valence-electron chi connectivity index (χ3n) is 4.70. The monoisotopic (exact) mass is 378 g/mol. The number of amides is 1. The highest BCUT2D eigenvalue weighted by molar-refractivity contribution is 5.70. The SMILES string of the molecule is CN(C[C@@H]1OCCc2c(-c3ccc(C#N)cc3)cccc21)C(=O)OC(C)(C)C. The van der Waals surface area contributed by atoms with Crippen LogP contribution in [0, 0.1) is 11.3 Å². The van der Waals surface area contributed by atoms with Gasteiger partial charge < -0.3 is 14.4 Å². The van der Waals surface area contributed by atoms with E-state index in [0.29, 0.717) is 18.7 Å². The Hall–Kier alpha value is -2.84. The van der Waals surface area contributed by atoms with Crippen molar-refractivity contribution >= 4 is 6.09 Å². The average molecular weight is 378 g/mol. The summed E-state index contributed by atoms with van der Waals surface area (Å²) in [5, 5.41) is 9.02. The van der Waals surface area contributed by atoms with Crippen molar-refractivity contribution in [3.8, 4) is 17.2 Å². The van der Waals surface area contributed by atoms with E-state index in [1.54, 1.807) is 11.9 Å². The fourth-order valence-corrected chi connectivity index (χ4v) is 3.39. The van der Waals surface area contributed by atoms with Gasteiger partial charge >= 0.3 is 6.09 Å². The Morgan fingerprint density at radius 2 is 1.96 bits per heavy atom. The molecule has 5 nitrogen and oxygen atoms in total. The van der Waals surface area contributed by atoms with E-state index < -0.39 is 5.60 Å². The van der Waals surface area contributed by atoms with Crippen molar-refractivity contribution in [1.29, 1.82) is 5.26 Å². The molecule has 0 bridgehead atoms. The number of carbonyl (C=O) groups is 1. The van der Waals surface area contributed by atoms with Gasteiger partial charge in [-0.3, -0.25) is 0 Å². The van der Waals surface area contributed by atoms with E-state index >= 15 is 0 Å². The van der Waals surface area contributed by atoms with Crippen LogP contribution in [0.3, 0.4) is 0 Å². The second-order valence-corrected chi connectivity index (χ2v) is 8.03. The lowest BCUT2D eigenvalue weighted by molar-refractivity contribution is -0.00157. The summed E-state index contributed by atoms with van der Waals surface area (Å²) < 4.78 is 11.4. The first-order valence-electron chi connectivity index (χ1n) is 9.46. The van der Waals surface area contributed by atoms with Gasteiger partial charge in [0.05, 0.1) is 24.8 Å². The first-order valence-corrected chi connectivity index (χ1v) is 9.46. The molecule has 0 spiro atoms. The Bertz CT molecular complexity index is 892. The summed E-state index contributed by atoms with van der Waals surface area (Å²) in [6.45, 7) is 6.60. The summed E-state index contributed by atoms with van der Waals surface area (Å²) >= 11 is 0. The van der Waals surface area contributed by atoms with Gasteiger partial charge in [-0.25, -0.2) is 4.79 Å². The molecule has 5 heteroatoms. The molecule has 28 heavy (non-hydrogen) atoms. The summed E-state index contributed by atoms with van der Waals surface area (Å²) in [5.74, 6) is 0. The van der Waals surface area contributed by atoms with Gasteiger partial charge in [0.15, 0.2) is 0 Å². The fourth-order valence-electron chi connectivity index (χ4n) is 3.39. The number of hydrogen-bond donors (Lipinski definition) is 0. The van der Waals surface area contributed by atoms with E-state index in [9.17, 15) is 4.79 Å². The Morgan fingerprint density at radius 1 is 1.25 bits per heavy atom. The van der Waals surface area contributed by atoms with Crippen LogP contribution in [0.5, 0.6) is 0 Å². The molecule has 3 rings (SSSR count). The first-order chi connectivity index (χ1) is 13.3. The maximum Gasteiger partial charge on any atom is 0.410 e. The summed E-state index contributed by atoms with van der Waals surface area (Å²) in [5.41, 5.74) is 4.69. The summed E-state index contributed by atoms with van der Waals surface area (Å²) in [6, 6.07) is 16.0. The number of carbonyl (C=O) groups excluding carboxylic acids is 1. The minimum atomic E-state index is -0.528. The maximum atomic E-state index is 12.3. The molecular formula is C23H26N2O3. The molecule has 1 heterocycles. The minimum absolute atomic E-state index is 0.195. The zero-order chi connectivity index (χ0) is 20.3. The van der Waals surface area contributed by atoms with Gasteiger partial charge in [0, 0.05) is 7.05 Å². The van der Waals surface area contributed by atoms with E-state index in [2.05, 4.69) is 18.2 Å². The zero-order valence-electron chi connectivity index (χ0n) is 16.9. The molecule has 1 aliphatic rings. The molecule has 0 N–H and O–H groups in total. The summed E-state index contributed by atoms with van der Waals surface area (Å²) in [4.78, 5) is 13.9. The van der Waals surface area contributed by atoms with E-state index in [4.69, 9.17) is 14.7 Å². The normalized spacial score (nSPS) is 16.0. The standard InChI is InChI=1S/C23H26N2O3/c1-23(2,3)28-22(26)25(4)15-21-20-7-5-6-18(19(20)12-13-27-21)17-10-8-16(14-24)9-11-17/h5-11,21H,12-13,15H2,1-4H3/t21-/m0/s1. The second-order valence-electron chi connectivity index (χ2n) is 8.03. The molecule has 0 saturated carbocycles. The summed E-state index contributed by atoms with van der Waals surface area (Å²) in [7, 11) is 1.73. The number of nitrogens with zero attached hydrogens (tertiary/aromatic N) is 2. The van der Waals surface area contributed by atoms with E-state index in [1.165, 1.54) is 5.56 Å². The van der Waals surface area contributed by atoms with Crippen molar-refractivity contribution in [2.45, 2.75) is 38.9 Å². The highest BCUT2D eigenvalue weighted by Gasteiger charge is 2.27. The van der Waals surface area contributed by atoms with Crippen LogP contribution >= 0.6 is 0 Å². The zero-order valence-corrected chi connectivity index (χ0v) is 16.9. The van der Waals surface area contributed by atoms with Crippen LogP contribution in [0.15, 0.2) is 42.5 Å². The Kier molecular flexibility index (Phi) is 5.71. The third-order valence-corrected chi connectivity index (χ3v) is 4.70. The Morgan fingerprint density at radius 3 is 2.61 bits per heavy atom. The molecule has 2 aromatic rings. The van der Waals surface area contributed by atoms with Crippen LogP contribution < -0.4 is 0 Å².